The molecule has 0 radical (unpaired) electrons. The molecule has 6 heteroatoms. The van der Waals surface area contributed by atoms with E-state index >= 15 is 0 Å². The summed E-state index contributed by atoms with van der Waals surface area (Å²) in [5, 5.41) is 20.2. The number of amidine groups is 1. The Hall–Kier alpha value is -1.33. The van der Waals surface area contributed by atoms with Crippen molar-refractivity contribution in [2.75, 3.05) is 0 Å². The van der Waals surface area contributed by atoms with E-state index in [-0.39, 0.29) is 5.84 Å². The average Bonchev–Trinajstić information content (AvgIpc) is 2.08. The van der Waals surface area contributed by atoms with Crippen LogP contribution >= 0.6 is 0 Å². The first-order valence-electron chi connectivity index (χ1n) is 2.69. The largest absolute Gasteiger partial charge is 0.397 e. The summed E-state index contributed by atoms with van der Waals surface area (Å²) in [5.74, 6) is -0.201. The molecule has 0 unspecified atom stereocenters. The minimum absolute atomic E-state index is 0.201. The van der Waals surface area contributed by atoms with E-state index in [2.05, 4.69) is 15.4 Å². The molecule has 1 heterocycles. The lowest BCUT2D eigenvalue weighted by Gasteiger charge is -2.06. The summed E-state index contributed by atoms with van der Waals surface area (Å²) in [6, 6.07) is 0. The molecule has 0 atom stereocenters. The molecule has 0 bridgehead atoms. The van der Waals surface area contributed by atoms with Gasteiger partial charge in [0.05, 0.1) is 5.22 Å². The van der Waals surface area contributed by atoms with Crippen LogP contribution in [0.1, 0.15) is 13.8 Å². The molecule has 1 rings (SSSR count). The van der Waals surface area contributed by atoms with E-state index in [4.69, 9.17) is 0 Å². The van der Waals surface area contributed by atoms with Gasteiger partial charge in [-0.3, -0.25) is 0 Å². The first-order valence-corrected chi connectivity index (χ1v) is 2.69. The van der Waals surface area contributed by atoms with Gasteiger partial charge >= 0.3 is 5.84 Å². The lowest BCUT2D eigenvalue weighted by molar-refractivity contribution is -0.356. The topological polar surface area (TPSA) is 80.2 Å². The van der Waals surface area contributed by atoms with Crippen molar-refractivity contribution in [3.05, 3.63) is 10.1 Å². The average molecular weight is 142 g/mol. The Morgan fingerprint density at radius 3 is 2.40 bits per heavy atom. The van der Waals surface area contributed by atoms with Crippen molar-refractivity contribution in [2.24, 2.45) is 15.4 Å². The van der Waals surface area contributed by atoms with Crippen LogP contribution in [0.2, 0.25) is 0 Å². The Kier molecular flexibility index (Phi) is 1.24. The van der Waals surface area contributed by atoms with Crippen molar-refractivity contribution in [2.45, 2.75) is 19.4 Å². The van der Waals surface area contributed by atoms with Gasteiger partial charge in [0.1, 0.15) is 5.10 Å². The van der Waals surface area contributed by atoms with Gasteiger partial charge in [0, 0.05) is 0 Å². The van der Waals surface area contributed by atoms with Gasteiger partial charge in [0.25, 0.3) is 0 Å². The van der Waals surface area contributed by atoms with Crippen molar-refractivity contribution < 1.29 is 4.92 Å². The molecule has 10 heavy (non-hydrogen) atoms. The van der Waals surface area contributed by atoms with Crippen LogP contribution in [-0.2, 0) is 0 Å². The standard InChI is InChI=1S/C4H6N4O2/c1-4(2)3(8(9)10)5-7-6-4/h1-2H3. The predicted molar refractivity (Wildman–Crippen MR) is 33.4 cm³/mol. The predicted octanol–water partition coefficient (Wildman–Crippen LogP) is 0.821. The van der Waals surface area contributed by atoms with Gasteiger partial charge < -0.3 is 10.1 Å². The Labute approximate surface area is 56.8 Å². The minimum Gasteiger partial charge on any atom is -0.358 e. The summed E-state index contributed by atoms with van der Waals surface area (Å²) in [6.45, 7) is 3.18. The summed E-state index contributed by atoms with van der Waals surface area (Å²) in [5.41, 5.74) is -0.858. The maximum absolute atomic E-state index is 10.2. The quantitative estimate of drug-likeness (QED) is 0.370. The molecule has 0 saturated carbocycles. The summed E-state index contributed by atoms with van der Waals surface area (Å²) < 4.78 is 0. The van der Waals surface area contributed by atoms with Crippen LogP contribution in [0.15, 0.2) is 15.4 Å². The molecule has 0 N–H and O–H groups in total. The fraction of sp³-hybridized carbons (Fsp3) is 0.750. The molecule has 1 aliphatic heterocycles. The van der Waals surface area contributed by atoms with Crippen LogP contribution in [0.25, 0.3) is 0 Å². The highest BCUT2D eigenvalue weighted by molar-refractivity contribution is 5.84. The Morgan fingerprint density at radius 2 is 2.20 bits per heavy atom. The fourth-order valence-electron chi connectivity index (χ4n) is 0.604. The highest BCUT2D eigenvalue weighted by Gasteiger charge is 2.40. The molecule has 6 nitrogen and oxygen atoms in total. The molecule has 0 aliphatic carbocycles. The van der Waals surface area contributed by atoms with Crippen LogP contribution in [-0.4, -0.2) is 16.3 Å². The van der Waals surface area contributed by atoms with Gasteiger partial charge in [0.15, 0.2) is 5.54 Å². The van der Waals surface area contributed by atoms with Gasteiger partial charge in [-0.15, -0.1) is 5.11 Å². The zero-order valence-electron chi connectivity index (χ0n) is 5.61. The second-order valence-electron chi connectivity index (χ2n) is 2.43. The first-order chi connectivity index (χ1) is 4.54. The van der Waals surface area contributed by atoms with Crippen molar-refractivity contribution in [1.82, 2.24) is 0 Å². The molecule has 0 aromatic carbocycles. The molecule has 0 aromatic heterocycles. The number of hydrogen-bond acceptors (Lipinski definition) is 5. The lowest BCUT2D eigenvalue weighted by Crippen LogP contribution is -2.32. The number of nitrogens with zero attached hydrogens (tertiary/aromatic N) is 4. The molecule has 0 amide bonds. The van der Waals surface area contributed by atoms with Gasteiger partial charge in [-0.2, -0.15) is 0 Å². The summed E-state index contributed by atoms with van der Waals surface area (Å²) >= 11 is 0. The molecule has 1 aliphatic rings. The molecular formula is C4H6N4O2. The van der Waals surface area contributed by atoms with E-state index in [1.54, 1.807) is 13.8 Å². The van der Waals surface area contributed by atoms with Crippen molar-refractivity contribution in [3.8, 4) is 0 Å². The van der Waals surface area contributed by atoms with Gasteiger partial charge in [-0.1, -0.05) is 0 Å². The van der Waals surface area contributed by atoms with E-state index in [0.29, 0.717) is 0 Å². The third kappa shape index (κ3) is 0.873. The molecular weight excluding hydrogens is 136 g/mol. The number of hydrogen-bond donors (Lipinski definition) is 0. The maximum atomic E-state index is 10.2. The molecule has 0 aromatic rings. The number of nitro groups is 1. The van der Waals surface area contributed by atoms with Crippen molar-refractivity contribution in [3.63, 3.8) is 0 Å². The lowest BCUT2D eigenvalue weighted by atomic mass is 10.1. The Bertz CT molecular complexity index is 229. The first kappa shape index (κ1) is 6.79. The molecule has 0 spiro atoms. The van der Waals surface area contributed by atoms with Crippen LogP contribution < -0.4 is 0 Å². The summed E-state index contributed by atoms with van der Waals surface area (Å²) in [7, 11) is 0. The van der Waals surface area contributed by atoms with E-state index in [9.17, 15) is 10.1 Å². The molecule has 0 saturated heterocycles. The van der Waals surface area contributed by atoms with E-state index < -0.39 is 10.5 Å². The Balaban J connectivity index is 2.93. The zero-order chi connectivity index (χ0) is 7.78. The van der Waals surface area contributed by atoms with Crippen LogP contribution in [0.3, 0.4) is 0 Å². The smallest absolute Gasteiger partial charge is 0.358 e. The number of rotatable bonds is 0. The van der Waals surface area contributed by atoms with E-state index in [1.165, 1.54) is 0 Å². The second-order valence-corrected chi connectivity index (χ2v) is 2.43. The van der Waals surface area contributed by atoms with Crippen molar-refractivity contribution in [1.29, 1.82) is 0 Å². The van der Waals surface area contributed by atoms with Crippen LogP contribution in [0.5, 0.6) is 0 Å². The van der Waals surface area contributed by atoms with Crippen molar-refractivity contribution >= 4 is 5.84 Å². The molecule has 54 valence electrons. The van der Waals surface area contributed by atoms with Crippen LogP contribution in [0.4, 0.5) is 0 Å². The normalized spacial score (nSPS) is 20.8. The summed E-state index contributed by atoms with van der Waals surface area (Å²) in [4.78, 5) is 9.60. The highest BCUT2D eigenvalue weighted by atomic mass is 16.6. The Morgan fingerprint density at radius 1 is 1.60 bits per heavy atom. The van der Waals surface area contributed by atoms with Crippen LogP contribution in [0, 0.1) is 10.1 Å². The highest BCUT2D eigenvalue weighted by Crippen LogP contribution is 2.18. The van der Waals surface area contributed by atoms with Gasteiger partial charge in [-0.05, 0) is 18.8 Å². The molecule has 0 fully saturated rings. The SMILES string of the molecule is CC1(C)N=NN=C1[N+](=O)[O-]. The van der Waals surface area contributed by atoms with Gasteiger partial charge in [-0.25, -0.2) is 0 Å². The zero-order valence-corrected chi connectivity index (χ0v) is 5.61. The minimum atomic E-state index is -0.858. The summed E-state index contributed by atoms with van der Waals surface area (Å²) in [6.07, 6.45) is 0. The fourth-order valence-corrected chi connectivity index (χ4v) is 0.604. The van der Waals surface area contributed by atoms with E-state index in [0.717, 1.165) is 0 Å². The maximum Gasteiger partial charge on any atom is 0.397 e. The second kappa shape index (κ2) is 1.83. The van der Waals surface area contributed by atoms with Gasteiger partial charge in [0.2, 0.25) is 0 Å². The third-order valence-corrected chi connectivity index (χ3v) is 1.15. The van der Waals surface area contributed by atoms with E-state index in [1.807, 2.05) is 0 Å². The third-order valence-electron chi connectivity index (χ3n) is 1.15. The monoisotopic (exact) mass is 142 g/mol.